The number of rotatable bonds is 9. The first-order valence-corrected chi connectivity index (χ1v) is 11.5. The Morgan fingerprint density at radius 3 is 2.44 bits per heavy atom. The minimum atomic E-state index is -0.692. The minimum absolute atomic E-state index is 0.135. The van der Waals surface area contributed by atoms with E-state index in [9.17, 15) is 9.59 Å². The first kappa shape index (κ1) is 26.0. The molecule has 0 heterocycles. The van der Waals surface area contributed by atoms with Crippen molar-refractivity contribution in [2.75, 3.05) is 13.2 Å². The number of benzene rings is 2. The van der Waals surface area contributed by atoms with E-state index >= 15 is 0 Å². The van der Waals surface area contributed by atoms with Gasteiger partial charge >= 0.3 is 0 Å². The van der Waals surface area contributed by atoms with E-state index in [4.69, 9.17) is 27.9 Å². The fraction of sp³-hybridized carbons (Fsp3) is 0.440. The van der Waals surface area contributed by atoms with Crippen LogP contribution < -0.4 is 10.1 Å². The summed E-state index contributed by atoms with van der Waals surface area (Å²) in [5.41, 5.74) is 1.58. The predicted octanol–water partition coefficient (Wildman–Crippen LogP) is 5.61. The van der Waals surface area contributed by atoms with E-state index in [0.29, 0.717) is 27.9 Å². The Balaban J connectivity index is 2.24. The summed E-state index contributed by atoms with van der Waals surface area (Å²) in [6.07, 6.45) is 0.808. The van der Waals surface area contributed by atoms with Crippen LogP contribution in [0.25, 0.3) is 0 Å². The zero-order valence-corrected chi connectivity index (χ0v) is 20.9. The van der Waals surface area contributed by atoms with Crippen LogP contribution in [0.1, 0.15) is 52.2 Å². The maximum absolute atomic E-state index is 13.2. The molecule has 2 aromatic carbocycles. The molecular formula is C25H32Cl2N2O3. The van der Waals surface area contributed by atoms with Crippen molar-refractivity contribution in [3.05, 3.63) is 63.6 Å². The lowest BCUT2D eigenvalue weighted by atomic mass is 9.86. The molecule has 2 rings (SSSR count). The van der Waals surface area contributed by atoms with E-state index in [1.54, 1.807) is 25.1 Å². The van der Waals surface area contributed by atoms with Crippen molar-refractivity contribution in [2.45, 2.75) is 59.0 Å². The molecular weight excluding hydrogens is 447 g/mol. The lowest BCUT2D eigenvalue weighted by molar-refractivity contribution is -0.142. The molecule has 174 valence electrons. The second-order valence-corrected chi connectivity index (χ2v) is 9.60. The highest BCUT2D eigenvalue weighted by atomic mass is 35.5. The van der Waals surface area contributed by atoms with Crippen LogP contribution in [0.3, 0.4) is 0 Å². The van der Waals surface area contributed by atoms with Crippen LogP contribution in [-0.2, 0) is 21.5 Å². The van der Waals surface area contributed by atoms with Gasteiger partial charge in [0.05, 0.1) is 0 Å². The van der Waals surface area contributed by atoms with E-state index in [-0.39, 0.29) is 30.4 Å². The van der Waals surface area contributed by atoms with Crippen molar-refractivity contribution >= 4 is 35.0 Å². The van der Waals surface area contributed by atoms with Crippen molar-refractivity contribution in [3.8, 4) is 5.75 Å². The number of nitrogens with one attached hydrogen (secondary N) is 1. The highest BCUT2D eigenvalue weighted by Crippen LogP contribution is 2.31. The van der Waals surface area contributed by atoms with Crippen LogP contribution in [0.2, 0.25) is 10.0 Å². The van der Waals surface area contributed by atoms with Gasteiger partial charge < -0.3 is 15.0 Å². The molecule has 7 heteroatoms. The van der Waals surface area contributed by atoms with Gasteiger partial charge in [0.15, 0.2) is 6.61 Å². The average Bonchev–Trinajstić information content (AvgIpc) is 2.74. The van der Waals surface area contributed by atoms with Crippen LogP contribution in [0.4, 0.5) is 0 Å². The zero-order chi connectivity index (χ0) is 23.9. The van der Waals surface area contributed by atoms with Gasteiger partial charge in [-0.3, -0.25) is 9.59 Å². The van der Waals surface area contributed by atoms with Gasteiger partial charge in [-0.1, -0.05) is 75.2 Å². The highest BCUT2D eigenvalue weighted by Gasteiger charge is 2.27. The number of carbonyl (C=O) groups excluding carboxylic acids is 2. The van der Waals surface area contributed by atoms with Crippen LogP contribution >= 0.6 is 23.2 Å². The maximum Gasteiger partial charge on any atom is 0.261 e. The van der Waals surface area contributed by atoms with Gasteiger partial charge in [-0.2, -0.15) is 0 Å². The van der Waals surface area contributed by atoms with Gasteiger partial charge in [0.2, 0.25) is 5.91 Å². The Kier molecular flexibility index (Phi) is 9.41. The summed E-state index contributed by atoms with van der Waals surface area (Å²) >= 11 is 12.3. The summed E-state index contributed by atoms with van der Waals surface area (Å²) in [6, 6.07) is 12.1. The van der Waals surface area contributed by atoms with Gasteiger partial charge in [-0.15, -0.1) is 0 Å². The normalized spacial score (nSPS) is 12.2. The summed E-state index contributed by atoms with van der Waals surface area (Å²) in [5.74, 6) is 0.125. The van der Waals surface area contributed by atoms with E-state index in [1.807, 2.05) is 31.2 Å². The Labute approximate surface area is 201 Å². The quantitative estimate of drug-likeness (QED) is 0.509. The predicted molar refractivity (Wildman–Crippen MR) is 130 cm³/mol. The fourth-order valence-electron chi connectivity index (χ4n) is 3.25. The molecule has 0 aromatic heterocycles. The lowest BCUT2D eigenvalue weighted by Gasteiger charge is -2.29. The minimum Gasteiger partial charge on any atom is -0.483 e. The first-order valence-electron chi connectivity index (χ1n) is 10.8. The second-order valence-electron chi connectivity index (χ2n) is 8.76. The van der Waals surface area contributed by atoms with E-state index < -0.39 is 6.04 Å². The molecule has 0 fully saturated rings. The Morgan fingerprint density at radius 1 is 1.12 bits per heavy atom. The van der Waals surface area contributed by atoms with E-state index in [0.717, 1.165) is 12.0 Å². The van der Waals surface area contributed by atoms with Gasteiger partial charge in [0, 0.05) is 23.1 Å². The number of carbonyl (C=O) groups is 2. The third-order valence-corrected chi connectivity index (χ3v) is 5.71. The molecule has 0 saturated heterocycles. The number of ether oxygens (including phenoxy) is 1. The Bertz CT molecular complexity index is 941. The van der Waals surface area contributed by atoms with Gasteiger partial charge in [-0.05, 0) is 48.1 Å². The molecule has 0 aliphatic carbocycles. The number of para-hydroxylation sites is 1. The molecule has 0 spiro atoms. The van der Waals surface area contributed by atoms with Crippen LogP contribution in [0.5, 0.6) is 5.75 Å². The number of hydrogen-bond acceptors (Lipinski definition) is 3. The lowest BCUT2D eigenvalue weighted by Crippen LogP contribution is -2.49. The molecule has 0 unspecified atom stereocenters. The fourth-order valence-corrected chi connectivity index (χ4v) is 3.71. The average molecular weight is 479 g/mol. The van der Waals surface area contributed by atoms with Crippen LogP contribution in [0, 0.1) is 0 Å². The number of halogens is 2. The molecule has 0 bridgehead atoms. The molecule has 0 aliphatic heterocycles. The van der Waals surface area contributed by atoms with Crippen molar-refractivity contribution in [1.29, 1.82) is 0 Å². The third kappa shape index (κ3) is 7.14. The third-order valence-electron chi connectivity index (χ3n) is 5.12. The standard InChI is InChI=1S/C25H32Cl2N2O3/c1-6-13-28-24(31)17(2)29(15-18-11-12-19(26)14-21(18)27)23(30)16-32-22-10-8-7-9-20(22)25(3,4)5/h7-12,14,17H,6,13,15-16H2,1-5H3,(H,28,31)/t17-/m0/s1. The summed E-state index contributed by atoms with van der Waals surface area (Å²) in [4.78, 5) is 27.4. The van der Waals surface area contributed by atoms with Crippen molar-refractivity contribution in [3.63, 3.8) is 0 Å². The number of hydrogen-bond donors (Lipinski definition) is 1. The molecule has 0 saturated carbocycles. The molecule has 1 N–H and O–H groups in total. The van der Waals surface area contributed by atoms with Crippen LogP contribution in [-0.4, -0.2) is 35.9 Å². The molecule has 5 nitrogen and oxygen atoms in total. The molecule has 1 atom stereocenters. The summed E-state index contributed by atoms with van der Waals surface area (Å²) in [6.45, 7) is 10.5. The monoisotopic (exact) mass is 478 g/mol. The number of nitrogens with zero attached hydrogens (tertiary/aromatic N) is 1. The smallest absolute Gasteiger partial charge is 0.261 e. The highest BCUT2D eigenvalue weighted by molar-refractivity contribution is 6.35. The molecule has 0 aliphatic rings. The van der Waals surface area contributed by atoms with Crippen molar-refractivity contribution in [1.82, 2.24) is 10.2 Å². The zero-order valence-electron chi connectivity index (χ0n) is 19.4. The molecule has 2 aromatic rings. The maximum atomic E-state index is 13.2. The van der Waals surface area contributed by atoms with Gasteiger partial charge in [-0.25, -0.2) is 0 Å². The molecule has 0 radical (unpaired) electrons. The second kappa shape index (κ2) is 11.6. The first-order chi connectivity index (χ1) is 15.0. The topological polar surface area (TPSA) is 58.6 Å². The van der Waals surface area contributed by atoms with E-state index in [1.165, 1.54) is 4.90 Å². The SMILES string of the molecule is CCCNC(=O)[C@H](C)N(Cc1ccc(Cl)cc1Cl)C(=O)COc1ccccc1C(C)(C)C. The Hall–Kier alpha value is -2.24. The number of amides is 2. The van der Waals surface area contributed by atoms with Crippen molar-refractivity contribution in [2.24, 2.45) is 0 Å². The van der Waals surface area contributed by atoms with Crippen LogP contribution in [0.15, 0.2) is 42.5 Å². The van der Waals surface area contributed by atoms with Gasteiger partial charge in [0.1, 0.15) is 11.8 Å². The summed E-state index contributed by atoms with van der Waals surface area (Å²) in [7, 11) is 0. The summed E-state index contributed by atoms with van der Waals surface area (Å²) in [5, 5.41) is 3.80. The molecule has 32 heavy (non-hydrogen) atoms. The largest absolute Gasteiger partial charge is 0.483 e. The molecule has 2 amide bonds. The van der Waals surface area contributed by atoms with Crippen molar-refractivity contribution < 1.29 is 14.3 Å². The van der Waals surface area contributed by atoms with Gasteiger partial charge in [0.25, 0.3) is 5.91 Å². The Morgan fingerprint density at radius 2 is 1.81 bits per heavy atom. The van der Waals surface area contributed by atoms with E-state index in [2.05, 4.69) is 26.1 Å². The summed E-state index contributed by atoms with van der Waals surface area (Å²) < 4.78 is 5.93.